The second kappa shape index (κ2) is 28.8. The van der Waals surface area contributed by atoms with Crippen LogP contribution >= 0.6 is 0 Å². The van der Waals surface area contributed by atoms with Crippen LogP contribution in [0.15, 0.2) is 12.2 Å². The van der Waals surface area contributed by atoms with Gasteiger partial charge in [0, 0.05) is 0 Å². The zero-order valence-corrected chi connectivity index (χ0v) is 28.1. The van der Waals surface area contributed by atoms with E-state index in [0.717, 1.165) is 51.4 Å². The molecular formula is C34H67NO6S. The highest BCUT2D eigenvalue weighted by molar-refractivity contribution is 7.85. The number of carbonyl (C=O) groups excluding carboxylic acids is 1. The third-order valence-electron chi connectivity index (χ3n) is 8.08. The summed E-state index contributed by atoms with van der Waals surface area (Å²) in [7, 11) is -4.39. The fourth-order valence-electron chi connectivity index (χ4n) is 5.34. The zero-order chi connectivity index (χ0) is 31.3. The molecule has 3 unspecified atom stereocenters. The van der Waals surface area contributed by atoms with Gasteiger partial charge in [0.05, 0.1) is 17.9 Å². The maximum atomic E-state index is 12.5. The molecule has 0 spiro atoms. The summed E-state index contributed by atoms with van der Waals surface area (Å²) in [4.78, 5) is 12.5. The number of rotatable bonds is 31. The number of carbonyl (C=O) groups is 1. The molecule has 0 saturated carbocycles. The van der Waals surface area contributed by atoms with Gasteiger partial charge in [-0.3, -0.25) is 9.35 Å². The number of hydrogen-bond donors (Lipinski definition) is 4. The first kappa shape index (κ1) is 41.0. The molecule has 1 amide bonds. The molecule has 42 heavy (non-hydrogen) atoms. The minimum Gasteiger partial charge on any atom is -0.391 e. The molecule has 0 bridgehead atoms. The number of aliphatic hydroxyl groups excluding tert-OH is 2. The van der Waals surface area contributed by atoms with Crippen molar-refractivity contribution in [3.63, 3.8) is 0 Å². The van der Waals surface area contributed by atoms with Gasteiger partial charge in [-0.25, -0.2) is 0 Å². The van der Waals surface area contributed by atoms with E-state index in [1.807, 2.05) is 0 Å². The van der Waals surface area contributed by atoms with Crippen molar-refractivity contribution in [1.82, 2.24) is 5.32 Å². The third-order valence-corrected chi connectivity index (χ3v) is 8.86. The predicted molar refractivity (Wildman–Crippen MR) is 176 cm³/mol. The van der Waals surface area contributed by atoms with Gasteiger partial charge in [0.1, 0.15) is 6.10 Å². The molecule has 0 radical (unpaired) electrons. The molecule has 0 rings (SSSR count). The molecule has 250 valence electrons. The molecule has 0 aromatic rings. The highest BCUT2D eigenvalue weighted by Crippen LogP contribution is 2.14. The van der Waals surface area contributed by atoms with Crippen LogP contribution in [0.3, 0.4) is 0 Å². The molecular weight excluding hydrogens is 550 g/mol. The standard InChI is InChI=1S/C34H67NO6S/c1-3-5-7-9-11-12-13-14-15-16-17-18-19-20-21-22-23-25-27-29-33(37)34(38)35-31(30-42(39,40)41)32(36)28-26-24-10-8-6-4-2/h17-18,31-33,36-37H,3-16,19-30H2,1-2H3,(H,35,38)(H,39,40,41)/b18-17-. The lowest BCUT2D eigenvalue weighted by Crippen LogP contribution is -2.50. The Morgan fingerprint density at radius 1 is 0.619 bits per heavy atom. The molecule has 0 fully saturated rings. The number of aliphatic hydroxyl groups is 2. The smallest absolute Gasteiger partial charge is 0.266 e. The third kappa shape index (κ3) is 27.8. The van der Waals surface area contributed by atoms with Gasteiger partial charge < -0.3 is 15.5 Å². The van der Waals surface area contributed by atoms with Crippen molar-refractivity contribution in [2.45, 2.75) is 193 Å². The number of amides is 1. The Bertz CT molecular complexity index is 742. The Morgan fingerprint density at radius 2 is 1.00 bits per heavy atom. The normalized spacial score (nSPS) is 14.3. The van der Waals surface area contributed by atoms with Crippen molar-refractivity contribution in [3.8, 4) is 0 Å². The molecule has 3 atom stereocenters. The van der Waals surface area contributed by atoms with Crippen LogP contribution in [0.4, 0.5) is 0 Å². The highest BCUT2D eigenvalue weighted by atomic mass is 32.2. The van der Waals surface area contributed by atoms with Crippen molar-refractivity contribution < 1.29 is 28.0 Å². The highest BCUT2D eigenvalue weighted by Gasteiger charge is 2.28. The van der Waals surface area contributed by atoms with E-state index < -0.39 is 40.0 Å². The largest absolute Gasteiger partial charge is 0.391 e. The number of unbranched alkanes of at least 4 members (excludes halogenated alkanes) is 20. The number of nitrogens with one attached hydrogen (secondary N) is 1. The summed E-state index contributed by atoms with van der Waals surface area (Å²) in [5, 5.41) is 23.2. The van der Waals surface area contributed by atoms with E-state index in [2.05, 4.69) is 31.3 Å². The van der Waals surface area contributed by atoms with E-state index in [1.165, 1.54) is 83.5 Å². The molecule has 0 aliphatic rings. The van der Waals surface area contributed by atoms with Crippen LogP contribution in [-0.4, -0.2) is 53.1 Å². The number of hydrogen-bond acceptors (Lipinski definition) is 5. The molecule has 0 saturated heterocycles. The maximum Gasteiger partial charge on any atom is 0.266 e. The summed E-state index contributed by atoms with van der Waals surface area (Å²) in [6.45, 7) is 4.40. The Labute approximate surface area is 259 Å². The average Bonchev–Trinajstić information content (AvgIpc) is 2.94. The van der Waals surface area contributed by atoms with E-state index >= 15 is 0 Å². The van der Waals surface area contributed by atoms with Crippen molar-refractivity contribution in [2.75, 3.05) is 5.75 Å². The summed E-state index contributed by atoms with van der Waals surface area (Å²) in [6, 6.07) is -1.14. The van der Waals surface area contributed by atoms with Gasteiger partial charge in [-0.15, -0.1) is 0 Å². The SMILES string of the molecule is CCCCCCCCCCC/C=C\CCCCCCCCC(O)C(=O)NC(CS(=O)(=O)O)C(O)CCCCCCCC. The van der Waals surface area contributed by atoms with Gasteiger partial charge >= 0.3 is 0 Å². The van der Waals surface area contributed by atoms with Crippen LogP contribution in [0.2, 0.25) is 0 Å². The van der Waals surface area contributed by atoms with Crippen LogP contribution in [0.1, 0.15) is 174 Å². The fourth-order valence-corrected chi connectivity index (χ4v) is 6.10. The number of allylic oxidation sites excluding steroid dienone is 2. The summed E-state index contributed by atoms with van der Waals surface area (Å²) in [6.07, 6.45) is 29.9. The second-order valence-corrected chi connectivity index (χ2v) is 13.8. The first-order valence-corrected chi connectivity index (χ1v) is 19.1. The van der Waals surface area contributed by atoms with Crippen molar-refractivity contribution in [2.24, 2.45) is 0 Å². The minimum atomic E-state index is -4.39. The first-order chi connectivity index (χ1) is 20.2. The molecule has 7 nitrogen and oxygen atoms in total. The van der Waals surface area contributed by atoms with Crippen LogP contribution in [0.25, 0.3) is 0 Å². The van der Waals surface area contributed by atoms with Crippen molar-refractivity contribution in [1.29, 1.82) is 0 Å². The Balaban J connectivity index is 3.92. The lowest BCUT2D eigenvalue weighted by atomic mass is 10.0. The molecule has 0 aromatic carbocycles. The lowest BCUT2D eigenvalue weighted by Gasteiger charge is -2.24. The maximum absolute atomic E-state index is 12.5. The van der Waals surface area contributed by atoms with Gasteiger partial charge in [-0.1, -0.05) is 148 Å². The van der Waals surface area contributed by atoms with E-state index in [1.54, 1.807) is 0 Å². The molecule has 0 aromatic heterocycles. The summed E-state index contributed by atoms with van der Waals surface area (Å²) < 4.78 is 32.1. The topological polar surface area (TPSA) is 124 Å². The average molecular weight is 618 g/mol. The monoisotopic (exact) mass is 617 g/mol. The molecule has 4 N–H and O–H groups in total. The van der Waals surface area contributed by atoms with Crippen molar-refractivity contribution >= 4 is 16.0 Å². The second-order valence-electron chi connectivity index (χ2n) is 12.3. The Kier molecular flexibility index (Phi) is 28.1. The van der Waals surface area contributed by atoms with E-state index in [-0.39, 0.29) is 0 Å². The zero-order valence-electron chi connectivity index (χ0n) is 27.2. The van der Waals surface area contributed by atoms with Gasteiger partial charge in [-0.05, 0) is 38.5 Å². The molecule has 0 aliphatic heterocycles. The van der Waals surface area contributed by atoms with Gasteiger partial charge in [0.15, 0.2) is 0 Å². The predicted octanol–water partition coefficient (Wildman–Crippen LogP) is 8.43. The van der Waals surface area contributed by atoms with Gasteiger partial charge in [-0.2, -0.15) is 8.42 Å². The van der Waals surface area contributed by atoms with Crippen LogP contribution in [-0.2, 0) is 14.9 Å². The van der Waals surface area contributed by atoms with Crippen LogP contribution < -0.4 is 5.32 Å². The molecule has 0 heterocycles. The lowest BCUT2D eigenvalue weighted by molar-refractivity contribution is -0.131. The fraction of sp³-hybridized carbons (Fsp3) is 0.912. The quantitative estimate of drug-likeness (QED) is 0.0352. The minimum absolute atomic E-state index is 0.291. The molecule has 0 aliphatic carbocycles. The first-order valence-electron chi connectivity index (χ1n) is 17.5. The summed E-state index contributed by atoms with van der Waals surface area (Å²) in [5.41, 5.74) is 0. The van der Waals surface area contributed by atoms with Crippen LogP contribution in [0, 0.1) is 0 Å². The van der Waals surface area contributed by atoms with E-state index in [9.17, 15) is 28.0 Å². The van der Waals surface area contributed by atoms with E-state index in [0.29, 0.717) is 25.7 Å². The molecule has 8 heteroatoms. The summed E-state index contributed by atoms with van der Waals surface area (Å²) in [5.74, 6) is -1.46. The van der Waals surface area contributed by atoms with Gasteiger partial charge in [0.25, 0.3) is 10.1 Å². The van der Waals surface area contributed by atoms with Crippen molar-refractivity contribution in [3.05, 3.63) is 12.2 Å². The summed E-state index contributed by atoms with van der Waals surface area (Å²) >= 11 is 0. The Hall–Kier alpha value is -0.960. The van der Waals surface area contributed by atoms with Gasteiger partial charge in [0.2, 0.25) is 5.91 Å². The Morgan fingerprint density at radius 3 is 1.43 bits per heavy atom. The van der Waals surface area contributed by atoms with Crippen LogP contribution in [0.5, 0.6) is 0 Å². The van der Waals surface area contributed by atoms with E-state index in [4.69, 9.17) is 0 Å².